The lowest BCUT2D eigenvalue weighted by Crippen LogP contribution is -2.40. The summed E-state index contributed by atoms with van der Waals surface area (Å²) < 4.78 is 2.36. The van der Waals surface area contributed by atoms with Gasteiger partial charge in [0.05, 0.1) is 11.7 Å². The zero-order valence-corrected chi connectivity index (χ0v) is 23.9. The van der Waals surface area contributed by atoms with E-state index in [9.17, 15) is 4.80 Å². The van der Waals surface area contributed by atoms with E-state index < -0.39 is 8.32 Å². The maximum atomic E-state index is 10.7. The first-order chi connectivity index (χ1) is 18.2. The summed E-state index contributed by atoms with van der Waals surface area (Å²) in [6, 6.07) is 6.47. The van der Waals surface area contributed by atoms with E-state index in [2.05, 4.69) is 54.9 Å². The number of anilines is 3. The number of nitrogens with one attached hydrogen (secondary N) is 1. The summed E-state index contributed by atoms with van der Waals surface area (Å²) >= 11 is 0. The Balaban J connectivity index is 1.19. The van der Waals surface area contributed by atoms with Crippen LogP contribution in [0.15, 0.2) is 36.8 Å². The van der Waals surface area contributed by atoms with Crippen LogP contribution in [0, 0.1) is 5.92 Å². The minimum Gasteiger partial charge on any atom is -0.432 e. The number of pyridine rings is 1. The lowest BCUT2D eigenvalue weighted by Gasteiger charge is -2.37. The summed E-state index contributed by atoms with van der Waals surface area (Å²) in [6.45, 7) is 10.4. The molecule has 1 aliphatic carbocycles. The van der Waals surface area contributed by atoms with Crippen molar-refractivity contribution in [1.82, 2.24) is 29.7 Å². The Morgan fingerprint density at radius 3 is 2.61 bits per heavy atom. The predicted octanol–water partition coefficient (Wildman–Crippen LogP) is 5.82. The number of rotatable bonds is 7. The second-order valence-corrected chi connectivity index (χ2v) is 16.8. The third-order valence-corrected chi connectivity index (χ3v) is 12.5. The molecule has 6 rings (SSSR count). The normalized spacial score (nSPS) is 19.2. The van der Waals surface area contributed by atoms with Gasteiger partial charge in [0.15, 0.2) is 20.0 Å². The van der Waals surface area contributed by atoms with E-state index in [1.54, 1.807) is 0 Å². The van der Waals surface area contributed by atoms with Crippen LogP contribution in [0.5, 0.6) is 0 Å². The maximum absolute atomic E-state index is 10.7. The highest BCUT2D eigenvalue weighted by molar-refractivity contribution is 6.72. The van der Waals surface area contributed by atoms with Gasteiger partial charge in [-0.3, -0.25) is 4.98 Å². The van der Waals surface area contributed by atoms with E-state index in [1.807, 2.05) is 43.8 Å². The van der Waals surface area contributed by atoms with Crippen LogP contribution in [0.3, 0.4) is 0 Å². The summed E-state index contributed by atoms with van der Waals surface area (Å²) in [4.78, 5) is 26.9. The topological polar surface area (TPSA) is 105 Å². The minimum absolute atomic E-state index is 0.00574. The molecule has 0 bridgehead atoms. The van der Waals surface area contributed by atoms with Crippen LogP contribution in [-0.4, -0.2) is 55.9 Å². The van der Waals surface area contributed by atoms with Gasteiger partial charge in [0.1, 0.15) is 5.65 Å². The van der Waals surface area contributed by atoms with Crippen molar-refractivity contribution >= 4 is 47.8 Å². The van der Waals surface area contributed by atoms with Gasteiger partial charge in [-0.2, -0.15) is 4.98 Å². The summed E-state index contributed by atoms with van der Waals surface area (Å²) in [5.41, 5.74) is 2.07. The molecule has 1 aliphatic heterocycles. The Labute approximate surface area is 224 Å². The SMILES string of the molecule is CC(C)(C[C@@H]1CCN(c2ccc(Nc3ncc4c5ccncc5n(C5CCCC5)c4n3)nn2)C1)[Si](C)(C)O. The van der Waals surface area contributed by atoms with Crippen molar-refractivity contribution in [1.29, 1.82) is 0 Å². The first-order valence-electron chi connectivity index (χ1n) is 13.9. The molecular formula is C28H38N8OSi. The number of hydrogen-bond donors (Lipinski definition) is 2. The smallest absolute Gasteiger partial charge is 0.230 e. The van der Waals surface area contributed by atoms with Crippen molar-refractivity contribution in [3.8, 4) is 0 Å². The standard InChI is InChI=1S/C28H38N8OSi/c1-28(2,38(3,4)37)15-19-12-14-35(18-19)25-10-9-24(33-34-25)31-27-30-16-22-21-11-13-29-17-23(21)36(26(22)32-27)20-7-5-6-8-20/h9-11,13,16-17,19-20,37H,5-8,12,14-15,18H2,1-4H3,(H,30,31,32,33)/t19-/m0/s1. The molecular weight excluding hydrogens is 492 g/mol. The predicted molar refractivity (Wildman–Crippen MR) is 154 cm³/mol. The molecule has 0 amide bonds. The average Bonchev–Trinajstić information content (AvgIpc) is 3.63. The van der Waals surface area contributed by atoms with Gasteiger partial charge in [-0.1, -0.05) is 26.7 Å². The highest BCUT2D eigenvalue weighted by Gasteiger charge is 2.41. The van der Waals surface area contributed by atoms with Gasteiger partial charge in [-0.25, -0.2) is 4.98 Å². The van der Waals surface area contributed by atoms with Gasteiger partial charge in [0, 0.05) is 42.3 Å². The highest BCUT2D eigenvalue weighted by Crippen LogP contribution is 2.44. The molecule has 2 aliphatic rings. The molecule has 10 heteroatoms. The molecule has 0 spiro atoms. The highest BCUT2D eigenvalue weighted by atomic mass is 28.4. The summed E-state index contributed by atoms with van der Waals surface area (Å²) in [6.07, 6.45) is 12.7. The van der Waals surface area contributed by atoms with E-state index in [1.165, 1.54) is 25.7 Å². The third-order valence-electron chi connectivity index (χ3n) is 8.99. The van der Waals surface area contributed by atoms with Gasteiger partial charge in [0.25, 0.3) is 0 Å². The molecule has 0 aromatic carbocycles. The van der Waals surface area contributed by atoms with Crippen LogP contribution in [0.4, 0.5) is 17.6 Å². The van der Waals surface area contributed by atoms with Gasteiger partial charge >= 0.3 is 0 Å². The Bertz CT molecular complexity index is 1440. The molecule has 4 aromatic rings. The quantitative estimate of drug-likeness (QED) is 0.288. The van der Waals surface area contributed by atoms with Crippen LogP contribution < -0.4 is 10.2 Å². The van der Waals surface area contributed by atoms with Crippen molar-refractivity contribution in [3.05, 3.63) is 36.8 Å². The van der Waals surface area contributed by atoms with Gasteiger partial charge in [-0.05, 0) is 67.9 Å². The monoisotopic (exact) mass is 530 g/mol. The fraction of sp³-hybridized carbons (Fsp3) is 0.536. The second kappa shape index (κ2) is 9.57. The largest absolute Gasteiger partial charge is 0.432 e. The van der Waals surface area contributed by atoms with Crippen molar-refractivity contribution < 1.29 is 4.80 Å². The van der Waals surface area contributed by atoms with E-state index in [4.69, 9.17) is 4.98 Å². The Kier molecular flexibility index (Phi) is 6.34. The lowest BCUT2D eigenvalue weighted by molar-refractivity contribution is 0.392. The second-order valence-electron chi connectivity index (χ2n) is 12.3. The summed E-state index contributed by atoms with van der Waals surface area (Å²) in [5.74, 6) is 2.60. The average molecular weight is 531 g/mol. The van der Waals surface area contributed by atoms with E-state index in [0.29, 0.717) is 23.7 Å². The number of hydrogen-bond acceptors (Lipinski definition) is 8. The van der Waals surface area contributed by atoms with Gasteiger partial charge in [-0.15, -0.1) is 10.2 Å². The lowest BCUT2D eigenvalue weighted by atomic mass is 9.95. The molecule has 1 saturated carbocycles. The maximum Gasteiger partial charge on any atom is 0.230 e. The van der Waals surface area contributed by atoms with Gasteiger partial charge < -0.3 is 19.6 Å². The third kappa shape index (κ3) is 4.64. The van der Waals surface area contributed by atoms with Crippen LogP contribution in [0.2, 0.25) is 18.1 Å². The zero-order valence-electron chi connectivity index (χ0n) is 22.9. The van der Waals surface area contributed by atoms with E-state index >= 15 is 0 Å². The zero-order chi connectivity index (χ0) is 26.5. The molecule has 5 heterocycles. The van der Waals surface area contributed by atoms with Crippen molar-refractivity contribution in [3.63, 3.8) is 0 Å². The van der Waals surface area contributed by atoms with Crippen LogP contribution in [0.1, 0.15) is 58.4 Å². The van der Waals surface area contributed by atoms with Gasteiger partial charge in [0.2, 0.25) is 5.95 Å². The fourth-order valence-electron chi connectivity index (χ4n) is 6.11. The molecule has 4 aromatic heterocycles. The molecule has 2 fully saturated rings. The molecule has 0 unspecified atom stereocenters. The summed E-state index contributed by atoms with van der Waals surface area (Å²) in [7, 11) is -2.21. The molecule has 9 nitrogen and oxygen atoms in total. The van der Waals surface area contributed by atoms with Crippen molar-refractivity contribution in [2.45, 2.75) is 76.5 Å². The Hall–Kier alpha value is -3.11. The molecule has 1 atom stereocenters. The number of aromatic nitrogens is 6. The Morgan fingerprint density at radius 2 is 1.87 bits per heavy atom. The van der Waals surface area contributed by atoms with Crippen LogP contribution in [-0.2, 0) is 0 Å². The molecule has 38 heavy (non-hydrogen) atoms. The molecule has 1 saturated heterocycles. The summed E-state index contributed by atoms with van der Waals surface area (Å²) in [5, 5.41) is 14.4. The molecule has 200 valence electrons. The van der Waals surface area contributed by atoms with Crippen LogP contribution in [0.25, 0.3) is 21.9 Å². The molecule has 2 N–H and O–H groups in total. The van der Waals surface area contributed by atoms with Crippen molar-refractivity contribution in [2.24, 2.45) is 5.92 Å². The fourth-order valence-corrected chi connectivity index (χ4v) is 6.90. The number of fused-ring (bicyclic) bond motifs is 3. The van der Waals surface area contributed by atoms with Crippen molar-refractivity contribution in [2.75, 3.05) is 23.3 Å². The first kappa shape index (κ1) is 25.2. The minimum atomic E-state index is -2.21. The Morgan fingerprint density at radius 1 is 1.05 bits per heavy atom. The molecule has 0 radical (unpaired) electrons. The van der Waals surface area contributed by atoms with Crippen LogP contribution >= 0.6 is 0 Å². The number of nitrogens with zero attached hydrogens (tertiary/aromatic N) is 7. The first-order valence-corrected chi connectivity index (χ1v) is 16.8. The van der Waals surface area contributed by atoms with E-state index in [0.717, 1.165) is 53.7 Å². The van der Waals surface area contributed by atoms with E-state index in [-0.39, 0.29) is 5.04 Å².